The molecular weight excluding hydrogens is 360 g/mol. The van der Waals surface area contributed by atoms with Crippen LogP contribution < -0.4 is 5.32 Å². The average molecular weight is 378 g/mol. The van der Waals surface area contributed by atoms with Crippen molar-refractivity contribution < 1.29 is 14.3 Å². The van der Waals surface area contributed by atoms with Gasteiger partial charge >= 0.3 is 5.97 Å². The number of amides is 1. The summed E-state index contributed by atoms with van der Waals surface area (Å²) >= 11 is 1.45. The van der Waals surface area contributed by atoms with Crippen LogP contribution in [0, 0.1) is 13.8 Å². The van der Waals surface area contributed by atoms with Crippen molar-refractivity contribution in [1.82, 2.24) is 4.98 Å². The third-order valence-corrected chi connectivity index (χ3v) is 5.65. The van der Waals surface area contributed by atoms with Crippen LogP contribution in [0.5, 0.6) is 0 Å². The summed E-state index contributed by atoms with van der Waals surface area (Å²) in [5, 5.41) is 3.41. The van der Waals surface area contributed by atoms with Gasteiger partial charge in [0, 0.05) is 16.9 Å². The first-order valence-corrected chi connectivity index (χ1v) is 9.47. The summed E-state index contributed by atoms with van der Waals surface area (Å²) in [5.74, 6) is -0.593. The number of nitrogens with zero attached hydrogens (tertiary/aromatic N) is 1. The first-order valence-electron chi connectivity index (χ1n) is 8.65. The molecule has 3 aromatic rings. The number of ether oxygens (including phenoxy) is 1. The highest BCUT2D eigenvalue weighted by Gasteiger charge is 2.28. The van der Waals surface area contributed by atoms with Crippen LogP contribution in [0.25, 0.3) is 0 Å². The lowest BCUT2D eigenvalue weighted by Crippen LogP contribution is -2.23. The largest absolute Gasteiger partial charge is 0.454 e. The molecule has 6 heteroatoms. The number of benzene rings is 2. The number of aryl methyl sites for hydroxylation is 2. The van der Waals surface area contributed by atoms with Gasteiger partial charge in [-0.3, -0.25) is 10.1 Å². The van der Waals surface area contributed by atoms with Crippen molar-refractivity contribution in [2.45, 2.75) is 26.4 Å². The van der Waals surface area contributed by atoms with Gasteiger partial charge in [-0.05, 0) is 43.2 Å². The van der Waals surface area contributed by atoms with Gasteiger partial charge in [-0.1, -0.05) is 30.3 Å². The summed E-state index contributed by atoms with van der Waals surface area (Å²) in [6.07, 6.45) is 0.204. The maximum atomic E-state index is 12.6. The molecule has 0 radical (unpaired) electrons. The molecule has 1 aromatic heterocycles. The molecular formula is C21H18N2O3S. The first-order chi connectivity index (χ1) is 13.0. The molecule has 1 atom stereocenters. The number of fused-ring (bicyclic) bond motifs is 1. The van der Waals surface area contributed by atoms with Crippen LogP contribution in [0.15, 0.2) is 48.5 Å². The minimum atomic E-state index is -0.358. The van der Waals surface area contributed by atoms with Crippen LogP contribution in [0.3, 0.4) is 0 Å². The molecule has 0 fully saturated rings. The second kappa shape index (κ2) is 6.96. The number of carbonyl (C=O) groups is 2. The molecule has 0 aliphatic carbocycles. The number of cyclic esters (lactones) is 1. The van der Waals surface area contributed by atoms with Crippen LogP contribution >= 0.6 is 11.3 Å². The Bertz CT molecular complexity index is 1010. The minimum Gasteiger partial charge on any atom is -0.454 e. The van der Waals surface area contributed by atoms with Crippen molar-refractivity contribution in [2.75, 3.05) is 5.32 Å². The Kier molecular flexibility index (Phi) is 4.49. The predicted molar refractivity (Wildman–Crippen MR) is 104 cm³/mol. The summed E-state index contributed by atoms with van der Waals surface area (Å²) in [5.41, 5.74) is 3.69. The van der Waals surface area contributed by atoms with Crippen molar-refractivity contribution in [2.24, 2.45) is 0 Å². The Morgan fingerprint density at radius 3 is 2.67 bits per heavy atom. The lowest BCUT2D eigenvalue weighted by molar-refractivity contribution is 0.0252. The zero-order valence-corrected chi connectivity index (χ0v) is 15.8. The lowest BCUT2D eigenvalue weighted by atomic mass is 9.93. The molecule has 0 saturated heterocycles. The lowest BCUT2D eigenvalue weighted by Gasteiger charge is -2.25. The van der Waals surface area contributed by atoms with E-state index in [4.69, 9.17) is 4.74 Å². The van der Waals surface area contributed by atoms with Crippen LogP contribution in [0.1, 0.15) is 48.5 Å². The van der Waals surface area contributed by atoms with E-state index in [-0.39, 0.29) is 18.0 Å². The fraction of sp³-hybridized carbons (Fsp3) is 0.190. The summed E-state index contributed by atoms with van der Waals surface area (Å²) in [4.78, 5) is 30.4. The van der Waals surface area contributed by atoms with E-state index in [9.17, 15) is 9.59 Å². The minimum absolute atomic E-state index is 0.234. The molecule has 1 amide bonds. The highest BCUT2D eigenvalue weighted by atomic mass is 32.1. The normalized spacial score (nSPS) is 15.8. The molecule has 27 heavy (non-hydrogen) atoms. The third-order valence-electron chi connectivity index (χ3n) is 4.66. The van der Waals surface area contributed by atoms with E-state index in [0.29, 0.717) is 22.7 Å². The van der Waals surface area contributed by atoms with E-state index < -0.39 is 0 Å². The number of carbonyl (C=O) groups excluding carboxylic acids is 2. The van der Waals surface area contributed by atoms with Gasteiger partial charge in [0.25, 0.3) is 5.91 Å². The van der Waals surface area contributed by atoms with Gasteiger partial charge < -0.3 is 4.74 Å². The van der Waals surface area contributed by atoms with Crippen LogP contribution in [-0.4, -0.2) is 16.9 Å². The Balaban J connectivity index is 1.59. The molecule has 0 spiro atoms. The molecule has 0 bridgehead atoms. The summed E-state index contributed by atoms with van der Waals surface area (Å²) < 4.78 is 5.56. The first kappa shape index (κ1) is 17.4. The van der Waals surface area contributed by atoms with E-state index in [0.717, 1.165) is 21.7 Å². The number of hydrogen-bond acceptors (Lipinski definition) is 5. The standard InChI is InChI=1S/C21H18N2O3S/c1-12-13(2)27-21(22-12)23-19(24)15-8-9-17-16(10-15)11-18(26-20(17)25)14-6-4-3-5-7-14/h3-10,18H,11H2,1-2H3,(H,22,23,24). The molecule has 1 unspecified atom stereocenters. The summed E-state index contributed by atoms with van der Waals surface area (Å²) in [6.45, 7) is 3.88. The zero-order valence-electron chi connectivity index (χ0n) is 15.0. The second-order valence-corrected chi connectivity index (χ2v) is 7.70. The predicted octanol–water partition coefficient (Wildman–Crippen LogP) is 4.47. The Morgan fingerprint density at radius 2 is 1.96 bits per heavy atom. The van der Waals surface area contributed by atoms with Gasteiger partial charge in [0.05, 0.1) is 11.3 Å². The number of anilines is 1. The fourth-order valence-electron chi connectivity index (χ4n) is 3.09. The molecule has 0 saturated carbocycles. The monoisotopic (exact) mass is 378 g/mol. The molecule has 2 heterocycles. The molecule has 5 nitrogen and oxygen atoms in total. The van der Waals surface area contributed by atoms with Crippen LogP contribution in [-0.2, 0) is 11.2 Å². The molecule has 1 N–H and O–H groups in total. The van der Waals surface area contributed by atoms with Crippen molar-refractivity contribution in [3.8, 4) is 0 Å². The Morgan fingerprint density at radius 1 is 1.19 bits per heavy atom. The van der Waals surface area contributed by atoms with Gasteiger partial charge in [-0.25, -0.2) is 9.78 Å². The fourth-order valence-corrected chi connectivity index (χ4v) is 3.90. The third kappa shape index (κ3) is 3.48. The number of rotatable bonds is 3. The molecule has 1 aliphatic heterocycles. The van der Waals surface area contributed by atoms with Gasteiger partial charge in [0.1, 0.15) is 6.10 Å². The Hall–Kier alpha value is -2.99. The van der Waals surface area contributed by atoms with Gasteiger partial charge in [0.15, 0.2) is 5.13 Å². The van der Waals surface area contributed by atoms with E-state index in [1.807, 2.05) is 44.2 Å². The van der Waals surface area contributed by atoms with Crippen LogP contribution in [0.2, 0.25) is 0 Å². The molecule has 1 aliphatic rings. The average Bonchev–Trinajstić information content (AvgIpc) is 2.99. The van der Waals surface area contributed by atoms with E-state index in [1.165, 1.54) is 11.3 Å². The smallest absolute Gasteiger partial charge is 0.339 e. The Labute approximate surface area is 161 Å². The van der Waals surface area contributed by atoms with Crippen molar-refractivity contribution in [3.63, 3.8) is 0 Å². The molecule has 136 valence electrons. The summed E-state index contributed by atoms with van der Waals surface area (Å²) in [6, 6.07) is 14.7. The molecule has 2 aromatic carbocycles. The maximum Gasteiger partial charge on any atom is 0.339 e. The zero-order chi connectivity index (χ0) is 19.0. The highest BCUT2D eigenvalue weighted by Crippen LogP contribution is 2.31. The summed E-state index contributed by atoms with van der Waals surface area (Å²) in [7, 11) is 0. The van der Waals surface area contributed by atoms with Crippen molar-refractivity contribution in [1.29, 1.82) is 0 Å². The highest BCUT2D eigenvalue weighted by molar-refractivity contribution is 7.15. The van der Waals surface area contributed by atoms with E-state index >= 15 is 0 Å². The quantitative estimate of drug-likeness (QED) is 0.683. The van der Waals surface area contributed by atoms with Crippen molar-refractivity contribution >= 4 is 28.3 Å². The van der Waals surface area contributed by atoms with Gasteiger partial charge in [0.2, 0.25) is 0 Å². The number of aromatic nitrogens is 1. The van der Waals surface area contributed by atoms with E-state index in [2.05, 4.69) is 10.3 Å². The SMILES string of the molecule is Cc1nc(NC(=O)c2ccc3c(c2)CC(c2ccccc2)OC3=O)sc1C. The second-order valence-electron chi connectivity index (χ2n) is 6.50. The molecule has 4 rings (SSSR count). The topological polar surface area (TPSA) is 68.3 Å². The number of hydrogen-bond donors (Lipinski definition) is 1. The van der Waals surface area contributed by atoms with Gasteiger partial charge in [-0.2, -0.15) is 0 Å². The van der Waals surface area contributed by atoms with Gasteiger partial charge in [-0.15, -0.1) is 11.3 Å². The number of thiazole rings is 1. The van der Waals surface area contributed by atoms with Crippen LogP contribution in [0.4, 0.5) is 5.13 Å². The maximum absolute atomic E-state index is 12.6. The number of esters is 1. The number of nitrogens with one attached hydrogen (secondary N) is 1. The van der Waals surface area contributed by atoms with E-state index in [1.54, 1.807) is 18.2 Å². The van der Waals surface area contributed by atoms with Crippen molar-refractivity contribution in [3.05, 3.63) is 81.4 Å².